The van der Waals surface area contributed by atoms with E-state index in [1.807, 2.05) is 0 Å². The molecule has 0 aliphatic rings. The van der Waals surface area contributed by atoms with Gasteiger partial charge in [0.2, 0.25) is 0 Å². The summed E-state index contributed by atoms with van der Waals surface area (Å²) in [7, 11) is 1.26. The third-order valence-corrected chi connectivity index (χ3v) is 2.48. The maximum absolute atomic E-state index is 12.9. The standard InChI is InChI=1S/C11H12ClF3N2O/c1-17(6-10(14)15)11(18)16-5-7-2-3-9(13)8(12)4-7/h2-4,10H,5-6H2,1H3,(H,16,18). The molecule has 1 aromatic carbocycles. The maximum atomic E-state index is 12.9. The van der Waals surface area contributed by atoms with Crippen LogP contribution in [0.1, 0.15) is 5.56 Å². The molecule has 1 rings (SSSR count). The van der Waals surface area contributed by atoms with Crippen molar-refractivity contribution in [2.75, 3.05) is 13.6 Å². The minimum atomic E-state index is -2.58. The Morgan fingerprint density at radius 1 is 1.50 bits per heavy atom. The number of alkyl halides is 2. The molecule has 1 N–H and O–H groups in total. The van der Waals surface area contributed by atoms with Gasteiger partial charge in [0.05, 0.1) is 11.6 Å². The molecule has 0 atom stereocenters. The second kappa shape index (κ2) is 6.49. The normalized spacial score (nSPS) is 10.6. The fourth-order valence-corrected chi connectivity index (χ4v) is 1.46. The Balaban J connectivity index is 2.49. The lowest BCUT2D eigenvalue weighted by Crippen LogP contribution is -2.39. The number of rotatable bonds is 4. The van der Waals surface area contributed by atoms with Crippen LogP contribution in [0.3, 0.4) is 0 Å². The van der Waals surface area contributed by atoms with E-state index in [4.69, 9.17) is 11.6 Å². The molecule has 0 aromatic heterocycles. The summed E-state index contributed by atoms with van der Waals surface area (Å²) in [6, 6.07) is 3.36. The van der Waals surface area contributed by atoms with Gasteiger partial charge in [-0.15, -0.1) is 0 Å². The highest BCUT2D eigenvalue weighted by atomic mass is 35.5. The first-order chi connectivity index (χ1) is 8.40. The molecule has 0 fully saturated rings. The number of urea groups is 1. The van der Waals surface area contributed by atoms with Crippen LogP contribution in [-0.4, -0.2) is 30.9 Å². The molecule has 100 valence electrons. The average molecular weight is 281 g/mol. The number of nitrogens with one attached hydrogen (secondary N) is 1. The topological polar surface area (TPSA) is 32.3 Å². The van der Waals surface area contributed by atoms with Crippen molar-refractivity contribution in [1.82, 2.24) is 10.2 Å². The predicted molar refractivity (Wildman–Crippen MR) is 62.3 cm³/mol. The number of hydrogen-bond acceptors (Lipinski definition) is 1. The van der Waals surface area contributed by atoms with Crippen molar-refractivity contribution in [2.24, 2.45) is 0 Å². The highest BCUT2D eigenvalue weighted by Gasteiger charge is 2.13. The highest BCUT2D eigenvalue weighted by molar-refractivity contribution is 6.30. The quantitative estimate of drug-likeness (QED) is 0.904. The molecule has 0 heterocycles. The molecule has 0 saturated carbocycles. The van der Waals surface area contributed by atoms with Gasteiger partial charge in [0.1, 0.15) is 5.82 Å². The summed E-state index contributed by atoms with van der Waals surface area (Å²) in [6.45, 7) is -0.553. The van der Waals surface area contributed by atoms with Crippen LogP contribution < -0.4 is 5.32 Å². The summed E-state index contributed by atoms with van der Waals surface area (Å²) in [6.07, 6.45) is -2.58. The molecule has 0 aliphatic carbocycles. The van der Waals surface area contributed by atoms with Crippen LogP contribution in [0.25, 0.3) is 0 Å². The Bertz CT molecular complexity index is 429. The fraction of sp³-hybridized carbons (Fsp3) is 0.364. The lowest BCUT2D eigenvalue weighted by atomic mass is 10.2. The van der Waals surface area contributed by atoms with Gasteiger partial charge in [-0.25, -0.2) is 18.0 Å². The van der Waals surface area contributed by atoms with Crippen molar-refractivity contribution in [3.05, 3.63) is 34.6 Å². The van der Waals surface area contributed by atoms with Gasteiger partial charge in [-0.3, -0.25) is 0 Å². The number of carbonyl (C=O) groups is 1. The van der Waals surface area contributed by atoms with Crippen LogP contribution in [0.4, 0.5) is 18.0 Å². The van der Waals surface area contributed by atoms with E-state index in [1.54, 1.807) is 0 Å². The molecule has 1 aromatic rings. The molecule has 0 saturated heterocycles. The summed E-state index contributed by atoms with van der Waals surface area (Å²) in [5.74, 6) is -0.554. The van der Waals surface area contributed by atoms with Gasteiger partial charge in [0.25, 0.3) is 6.43 Å². The van der Waals surface area contributed by atoms with Crippen LogP contribution in [-0.2, 0) is 6.54 Å². The number of amides is 2. The zero-order valence-corrected chi connectivity index (χ0v) is 10.3. The summed E-state index contributed by atoms with van der Waals surface area (Å²) >= 11 is 5.56. The van der Waals surface area contributed by atoms with E-state index < -0.39 is 24.8 Å². The number of hydrogen-bond donors (Lipinski definition) is 1. The molecule has 0 bridgehead atoms. The van der Waals surface area contributed by atoms with E-state index >= 15 is 0 Å². The summed E-state index contributed by atoms with van der Waals surface area (Å²) in [4.78, 5) is 12.2. The largest absolute Gasteiger partial charge is 0.334 e. The Kier molecular flexibility index (Phi) is 5.27. The Morgan fingerprint density at radius 3 is 2.72 bits per heavy atom. The Labute approximate surface area is 108 Å². The lowest BCUT2D eigenvalue weighted by Gasteiger charge is -2.17. The Hall–Kier alpha value is -1.43. The summed E-state index contributed by atoms with van der Waals surface area (Å²) in [5, 5.41) is 2.37. The van der Waals surface area contributed by atoms with Crippen LogP contribution in [0.5, 0.6) is 0 Å². The molecule has 0 spiro atoms. The van der Waals surface area contributed by atoms with Gasteiger partial charge in [-0.05, 0) is 17.7 Å². The SMILES string of the molecule is CN(CC(F)F)C(=O)NCc1ccc(F)c(Cl)c1. The van der Waals surface area contributed by atoms with E-state index in [2.05, 4.69) is 5.32 Å². The second-order valence-electron chi connectivity index (χ2n) is 3.68. The first-order valence-electron chi connectivity index (χ1n) is 5.11. The number of carbonyl (C=O) groups excluding carboxylic acids is 1. The van der Waals surface area contributed by atoms with Gasteiger partial charge in [-0.1, -0.05) is 17.7 Å². The van der Waals surface area contributed by atoms with Gasteiger partial charge >= 0.3 is 6.03 Å². The van der Waals surface area contributed by atoms with Gasteiger partial charge in [0, 0.05) is 13.6 Å². The van der Waals surface area contributed by atoms with Gasteiger partial charge < -0.3 is 10.2 Å². The molecule has 0 unspecified atom stereocenters. The molecule has 0 aliphatic heterocycles. The minimum absolute atomic E-state index is 0.0531. The number of nitrogens with zero attached hydrogens (tertiary/aromatic N) is 1. The van der Waals surface area contributed by atoms with E-state index in [-0.39, 0.29) is 11.6 Å². The first-order valence-corrected chi connectivity index (χ1v) is 5.49. The lowest BCUT2D eigenvalue weighted by molar-refractivity contribution is 0.108. The molecular formula is C11H12ClF3N2O. The van der Waals surface area contributed by atoms with Crippen molar-refractivity contribution < 1.29 is 18.0 Å². The Morgan fingerprint density at radius 2 is 2.17 bits per heavy atom. The molecule has 7 heteroatoms. The molecule has 0 radical (unpaired) electrons. The monoisotopic (exact) mass is 280 g/mol. The smallest absolute Gasteiger partial charge is 0.317 e. The van der Waals surface area contributed by atoms with E-state index in [1.165, 1.54) is 25.2 Å². The van der Waals surface area contributed by atoms with E-state index in [0.717, 1.165) is 4.90 Å². The molecule has 18 heavy (non-hydrogen) atoms. The fourth-order valence-electron chi connectivity index (χ4n) is 1.25. The molecular weight excluding hydrogens is 269 g/mol. The highest BCUT2D eigenvalue weighted by Crippen LogP contribution is 2.15. The number of halogens is 4. The number of benzene rings is 1. The predicted octanol–water partition coefficient (Wildman–Crippen LogP) is 2.89. The average Bonchev–Trinajstić information content (AvgIpc) is 2.29. The second-order valence-corrected chi connectivity index (χ2v) is 4.09. The van der Waals surface area contributed by atoms with E-state index in [9.17, 15) is 18.0 Å². The molecule has 2 amide bonds. The molecule has 3 nitrogen and oxygen atoms in total. The maximum Gasteiger partial charge on any atom is 0.317 e. The summed E-state index contributed by atoms with van der Waals surface area (Å²) in [5.41, 5.74) is 0.584. The zero-order chi connectivity index (χ0) is 13.7. The van der Waals surface area contributed by atoms with Crippen molar-refractivity contribution in [1.29, 1.82) is 0 Å². The first kappa shape index (κ1) is 14.6. The van der Waals surface area contributed by atoms with Gasteiger partial charge in [0.15, 0.2) is 0 Å². The van der Waals surface area contributed by atoms with Crippen molar-refractivity contribution in [3.8, 4) is 0 Å². The van der Waals surface area contributed by atoms with Crippen LogP contribution in [0, 0.1) is 5.82 Å². The zero-order valence-electron chi connectivity index (χ0n) is 9.59. The van der Waals surface area contributed by atoms with E-state index in [0.29, 0.717) is 5.56 Å². The van der Waals surface area contributed by atoms with Crippen LogP contribution >= 0.6 is 11.6 Å². The third kappa shape index (κ3) is 4.44. The van der Waals surface area contributed by atoms with Crippen molar-refractivity contribution >= 4 is 17.6 Å². The summed E-state index contributed by atoms with van der Waals surface area (Å²) < 4.78 is 36.9. The minimum Gasteiger partial charge on any atom is -0.334 e. The van der Waals surface area contributed by atoms with Gasteiger partial charge in [-0.2, -0.15) is 0 Å². The van der Waals surface area contributed by atoms with Crippen LogP contribution in [0.15, 0.2) is 18.2 Å². The van der Waals surface area contributed by atoms with Crippen LogP contribution in [0.2, 0.25) is 5.02 Å². The third-order valence-electron chi connectivity index (χ3n) is 2.19. The van der Waals surface area contributed by atoms with Crippen molar-refractivity contribution in [2.45, 2.75) is 13.0 Å². The van der Waals surface area contributed by atoms with Crippen molar-refractivity contribution in [3.63, 3.8) is 0 Å².